The van der Waals surface area contributed by atoms with Gasteiger partial charge in [-0.3, -0.25) is 0 Å². The van der Waals surface area contributed by atoms with E-state index in [2.05, 4.69) is 32.6 Å². The average molecular weight is 587 g/mol. The highest BCUT2D eigenvalue weighted by Gasteiger charge is 2.33. The standard InChI is InChI=1S/C24H26F4N6O3S2/c1-33-13-11-16(15(25)14-33)30-20-8-4-7-19-22(38-24(26,27)28)17(32-34(19)20)6-5-12-29-18-9-10-21(39(3,35)36)31-23(18)37-2/h4,7-10,15-16,29-30H,11-14H2,1-3H3/t15-,16+/m0/s1. The van der Waals surface area contributed by atoms with E-state index in [1.54, 1.807) is 12.1 Å². The van der Waals surface area contributed by atoms with Gasteiger partial charge in [0.05, 0.1) is 35.8 Å². The molecule has 1 fully saturated rings. The Bertz CT molecular complexity index is 1520. The Kier molecular flexibility index (Phi) is 8.48. The molecule has 1 aliphatic rings. The first-order valence-corrected chi connectivity index (χ1v) is 14.4. The number of anilines is 2. The van der Waals surface area contributed by atoms with E-state index >= 15 is 0 Å². The Labute approximate surface area is 227 Å². The van der Waals surface area contributed by atoms with Gasteiger partial charge in [0.15, 0.2) is 14.9 Å². The average Bonchev–Trinajstić information content (AvgIpc) is 3.19. The third kappa shape index (κ3) is 7.06. The number of sulfone groups is 1. The molecule has 3 aromatic heterocycles. The number of halogens is 4. The van der Waals surface area contributed by atoms with Crippen LogP contribution in [0.15, 0.2) is 40.3 Å². The van der Waals surface area contributed by atoms with E-state index in [0.29, 0.717) is 24.5 Å². The lowest BCUT2D eigenvalue weighted by Gasteiger charge is -2.33. The van der Waals surface area contributed by atoms with Crippen molar-refractivity contribution in [3.05, 3.63) is 36.0 Å². The zero-order valence-corrected chi connectivity index (χ0v) is 22.8. The number of likely N-dealkylation sites (tertiary alicyclic amines) is 1. The van der Waals surface area contributed by atoms with Crippen LogP contribution in [0.25, 0.3) is 5.52 Å². The van der Waals surface area contributed by atoms with E-state index in [1.807, 2.05) is 11.9 Å². The number of pyridine rings is 2. The minimum absolute atomic E-state index is 0.0233. The fourth-order valence-electron chi connectivity index (χ4n) is 4.05. The summed E-state index contributed by atoms with van der Waals surface area (Å²) >= 11 is -0.318. The van der Waals surface area contributed by atoms with E-state index in [-0.39, 0.29) is 51.9 Å². The molecule has 0 aromatic carbocycles. The third-order valence-electron chi connectivity index (χ3n) is 5.89. The van der Waals surface area contributed by atoms with Gasteiger partial charge in [0.1, 0.15) is 17.7 Å². The number of hydrogen-bond acceptors (Lipinski definition) is 9. The van der Waals surface area contributed by atoms with Gasteiger partial charge in [-0.1, -0.05) is 12.0 Å². The molecule has 39 heavy (non-hydrogen) atoms. The molecule has 3 aromatic rings. The molecule has 0 aliphatic carbocycles. The topological polar surface area (TPSA) is 101 Å². The second-order valence-electron chi connectivity index (χ2n) is 8.89. The van der Waals surface area contributed by atoms with Gasteiger partial charge in [-0.05, 0) is 55.4 Å². The fourth-order valence-corrected chi connectivity index (χ4v) is 5.29. The smallest absolute Gasteiger partial charge is 0.446 e. The first-order chi connectivity index (χ1) is 18.4. The van der Waals surface area contributed by atoms with Crippen LogP contribution < -0.4 is 15.4 Å². The second-order valence-corrected chi connectivity index (χ2v) is 11.9. The van der Waals surface area contributed by atoms with Gasteiger partial charge in [-0.25, -0.2) is 17.3 Å². The normalized spacial score (nSPS) is 18.4. The van der Waals surface area contributed by atoms with Crippen molar-refractivity contribution < 1.29 is 30.7 Å². The van der Waals surface area contributed by atoms with Gasteiger partial charge < -0.3 is 20.3 Å². The number of alkyl halides is 4. The van der Waals surface area contributed by atoms with Gasteiger partial charge >= 0.3 is 5.51 Å². The Balaban J connectivity index is 1.61. The second kappa shape index (κ2) is 11.5. The number of thioether (sulfide) groups is 1. The number of ether oxygens (including phenoxy) is 1. The summed E-state index contributed by atoms with van der Waals surface area (Å²) in [4.78, 5) is 5.66. The number of hydrogen-bond donors (Lipinski definition) is 2. The van der Waals surface area contributed by atoms with Crippen LogP contribution in [0, 0.1) is 11.8 Å². The maximum Gasteiger partial charge on any atom is 0.446 e. The summed E-state index contributed by atoms with van der Waals surface area (Å²) in [7, 11) is -0.392. The molecular weight excluding hydrogens is 560 g/mol. The highest BCUT2D eigenvalue weighted by molar-refractivity contribution is 8.00. The summed E-state index contributed by atoms with van der Waals surface area (Å²) in [5.74, 6) is 5.81. The molecule has 0 spiro atoms. The number of rotatable bonds is 7. The summed E-state index contributed by atoms with van der Waals surface area (Å²) in [6.07, 6.45) is 0.395. The van der Waals surface area contributed by atoms with Crippen LogP contribution in [0.1, 0.15) is 12.1 Å². The molecule has 2 atom stereocenters. The number of aromatic nitrogens is 3. The number of fused-ring (bicyclic) bond motifs is 1. The van der Waals surface area contributed by atoms with Crippen molar-refractivity contribution in [2.75, 3.05) is 50.7 Å². The first-order valence-electron chi connectivity index (χ1n) is 11.7. The van der Waals surface area contributed by atoms with Crippen molar-refractivity contribution in [2.24, 2.45) is 0 Å². The molecule has 1 aliphatic heterocycles. The monoisotopic (exact) mass is 586 g/mol. The maximum absolute atomic E-state index is 14.6. The van der Waals surface area contributed by atoms with Crippen LogP contribution in [0.5, 0.6) is 5.88 Å². The predicted octanol–water partition coefficient (Wildman–Crippen LogP) is 3.67. The molecule has 9 nitrogen and oxygen atoms in total. The highest BCUT2D eigenvalue weighted by Crippen LogP contribution is 2.41. The zero-order valence-electron chi connectivity index (χ0n) is 21.2. The summed E-state index contributed by atoms with van der Waals surface area (Å²) in [5, 5.41) is 10.2. The van der Waals surface area contributed by atoms with Crippen LogP contribution in [-0.4, -0.2) is 85.7 Å². The summed E-state index contributed by atoms with van der Waals surface area (Å²) in [5.41, 5.74) is -4.14. The van der Waals surface area contributed by atoms with Crippen LogP contribution >= 0.6 is 11.8 Å². The molecule has 4 heterocycles. The van der Waals surface area contributed by atoms with Crippen molar-refractivity contribution in [3.63, 3.8) is 0 Å². The molecule has 0 unspecified atom stereocenters. The molecule has 4 rings (SSSR count). The van der Waals surface area contributed by atoms with E-state index in [9.17, 15) is 26.0 Å². The Hall–Kier alpha value is -3.22. The molecular formula is C24H26F4N6O3S2. The molecule has 0 saturated carbocycles. The maximum atomic E-state index is 14.6. The van der Waals surface area contributed by atoms with Crippen molar-refractivity contribution >= 4 is 38.6 Å². The van der Waals surface area contributed by atoms with Crippen LogP contribution in [0.3, 0.4) is 0 Å². The number of nitrogens with one attached hydrogen (secondary N) is 2. The van der Waals surface area contributed by atoms with E-state index in [1.165, 1.54) is 29.8 Å². The Morgan fingerprint density at radius 2 is 2.03 bits per heavy atom. The van der Waals surface area contributed by atoms with Crippen molar-refractivity contribution in [3.8, 4) is 17.7 Å². The SMILES string of the molecule is COc1nc(S(C)(=O)=O)ccc1NCC#Cc1nn2c(N[C@@H]3CCN(C)C[C@@H]3F)cccc2c1SC(F)(F)F. The molecule has 2 N–H and O–H groups in total. The van der Waals surface area contributed by atoms with Crippen LogP contribution in [0.2, 0.25) is 0 Å². The molecule has 210 valence electrons. The first kappa shape index (κ1) is 28.8. The van der Waals surface area contributed by atoms with E-state index in [0.717, 1.165) is 6.26 Å². The molecule has 0 radical (unpaired) electrons. The summed E-state index contributed by atoms with van der Waals surface area (Å²) in [6.45, 7) is 0.913. The van der Waals surface area contributed by atoms with Gasteiger partial charge in [-0.2, -0.15) is 23.3 Å². The zero-order chi connectivity index (χ0) is 28.4. The minimum Gasteiger partial charge on any atom is -0.479 e. The molecule has 1 saturated heterocycles. The van der Waals surface area contributed by atoms with Crippen molar-refractivity contribution in [1.29, 1.82) is 0 Å². The lowest BCUT2D eigenvalue weighted by Crippen LogP contribution is -2.46. The van der Waals surface area contributed by atoms with Gasteiger partial charge in [0, 0.05) is 19.3 Å². The van der Waals surface area contributed by atoms with Crippen molar-refractivity contribution in [1.82, 2.24) is 19.5 Å². The summed E-state index contributed by atoms with van der Waals surface area (Å²) < 4.78 is 84.8. The van der Waals surface area contributed by atoms with Gasteiger partial charge in [0.2, 0.25) is 5.88 Å². The van der Waals surface area contributed by atoms with Crippen LogP contribution in [-0.2, 0) is 9.84 Å². The van der Waals surface area contributed by atoms with E-state index < -0.39 is 27.6 Å². The largest absolute Gasteiger partial charge is 0.479 e. The fraction of sp³-hybridized carbons (Fsp3) is 0.417. The summed E-state index contributed by atoms with van der Waals surface area (Å²) in [6, 6.07) is 6.96. The molecule has 0 amide bonds. The van der Waals surface area contributed by atoms with Crippen LogP contribution in [0.4, 0.5) is 29.1 Å². The minimum atomic E-state index is -4.58. The molecule has 0 bridgehead atoms. The van der Waals surface area contributed by atoms with Gasteiger partial charge in [-0.15, -0.1) is 0 Å². The third-order valence-corrected chi connectivity index (χ3v) is 7.72. The highest BCUT2D eigenvalue weighted by atomic mass is 32.2. The van der Waals surface area contributed by atoms with E-state index in [4.69, 9.17) is 4.74 Å². The molecule has 15 heteroatoms. The lowest BCUT2D eigenvalue weighted by molar-refractivity contribution is -0.0327. The lowest BCUT2D eigenvalue weighted by atomic mass is 10.0. The quantitative estimate of drug-likeness (QED) is 0.244. The van der Waals surface area contributed by atoms with Crippen molar-refractivity contribution in [2.45, 2.75) is 34.1 Å². The number of piperidine rings is 1. The Morgan fingerprint density at radius 1 is 1.26 bits per heavy atom. The predicted molar refractivity (Wildman–Crippen MR) is 141 cm³/mol. The van der Waals surface area contributed by atoms with Gasteiger partial charge in [0.25, 0.3) is 0 Å². The Morgan fingerprint density at radius 3 is 2.69 bits per heavy atom. The number of nitrogens with zero attached hydrogens (tertiary/aromatic N) is 4. The number of methoxy groups -OCH3 is 1.